The van der Waals surface area contributed by atoms with Crippen LogP contribution in [0.15, 0.2) is 11.4 Å². The zero-order chi connectivity index (χ0) is 9.14. The minimum atomic E-state index is -0.170. The lowest BCUT2D eigenvalue weighted by Gasteiger charge is -2.07. The van der Waals surface area contributed by atoms with E-state index in [1.165, 1.54) is 12.0 Å². The number of aryl methyl sites for hydroxylation is 1. The first-order chi connectivity index (χ1) is 5.66. The maximum atomic E-state index is 11.1. The zero-order valence-corrected chi connectivity index (χ0v) is 8.27. The Morgan fingerprint density at radius 3 is 2.75 bits per heavy atom. The molecule has 0 aliphatic heterocycles. The Hall–Kier alpha value is -0.830. The van der Waals surface area contributed by atoms with E-state index in [9.17, 15) is 4.79 Å². The van der Waals surface area contributed by atoms with Crippen LogP contribution in [0, 0.1) is 6.92 Å². The molecule has 1 heterocycles. The number of methoxy groups -OCH3 is 1. The van der Waals surface area contributed by atoms with Crippen LogP contribution in [0.25, 0.3) is 0 Å². The van der Waals surface area contributed by atoms with Crippen LogP contribution >= 0.6 is 11.3 Å². The molecule has 0 bridgehead atoms. The van der Waals surface area contributed by atoms with Crippen molar-refractivity contribution < 1.29 is 9.53 Å². The van der Waals surface area contributed by atoms with Crippen LogP contribution in [0.4, 0.5) is 0 Å². The summed E-state index contributed by atoms with van der Waals surface area (Å²) in [6.45, 7) is 3.88. The van der Waals surface area contributed by atoms with Crippen LogP contribution in [-0.4, -0.2) is 13.1 Å². The molecule has 3 heteroatoms. The number of carbonyl (C=O) groups excluding carboxylic acids is 1. The van der Waals surface area contributed by atoms with Gasteiger partial charge in [-0.15, -0.1) is 11.3 Å². The van der Waals surface area contributed by atoms with Crippen molar-refractivity contribution in [3.05, 3.63) is 21.9 Å². The number of hydrogen-bond acceptors (Lipinski definition) is 3. The number of ether oxygens (including phenoxy) is 1. The van der Waals surface area contributed by atoms with Gasteiger partial charge < -0.3 is 4.74 Å². The third-order valence-corrected chi connectivity index (χ3v) is 2.78. The summed E-state index contributed by atoms with van der Waals surface area (Å²) in [6.07, 6.45) is 0. The Balaban J connectivity index is 2.84. The molecule has 0 saturated carbocycles. The van der Waals surface area contributed by atoms with Crippen molar-refractivity contribution in [2.45, 2.75) is 19.8 Å². The van der Waals surface area contributed by atoms with Crippen LogP contribution < -0.4 is 0 Å². The van der Waals surface area contributed by atoms with Crippen LogP contribution in [-0.2, 0) is 9.53 Å². The van der Waals surface area contributed by atoms with Gasteiger partial charge in [-0.2, -0.15) is 0 Å². The molecule has 0 fully saturated rings. The molecule has 66 valence electrons. The van der Waals surface area contributed by atoms with Crippen molar-refractivity contribution in [3.8, 4) is 0 Å². The normalized spacial score (nSPS) is 12.6. The van der Waals surface area contributed by atoms with Crippen LogP contribution in [0.3, 0.4) is 0 Å². The number of rotatable bonds is 2. The van der Waals surface area contributed by atoms with Gasteiger partial charge in [-0.25, -0.2) is 0 Å². The van der Waals surface area contributed by atoms with Gasteiger partial charge in [-0.3, -0.25) is 4.79 Å². The van der Waals surface area contributed by atoms with E-state index in [1.54, 1.807) is 11.3 Å². The van der Waals surface area contributed by atoms with E-state index >= 15 is 0 Å². The highest BCUT2D eigenvalue weighted by Gasteiger charge is 2.17. The minimum Gasteiger partial charge on any atom is -0.469 e. The Morgan fingerprint density at radius 1 is 1.67 bits per heavy atom. The SMILES string of the molecule is COC(=O)C(C)c1ccsc1C. The molecular formula is C9H12O2S. The van der Waals surface area contributed by atoms with Gasteiger partial charge in [0, 0.05) is 4.88 Å². The molecule has 0 saturated heterocycles. The van der Waals surface area contributed by atoms with Crippen LogP contribution in [0.1, 0.15) is 23.3 Å². The Bertz CT molecular complexity index is 278. The molecule has 2 nitrogen and oxygen atoms in total. The number of carbonyl (C=O) groups is 1. The zero-order valence-electron chi connectivity index (χ0n) is 7.46. The van der Waals surface area contributed by atoms with Crippen LogP contribution in [0.2, 0.25) is 0 Å². The van der Waals surface area contributed by atoms with Gasteiger partial charge in [0.05, 0.1) is 13.0 Å². The quantitative estimate of drug-likeness (QED) is 0.659. The first kappa shape index (κ1) is 9.26. The van der Waals surface area contributed by atoms with E-state index in [-0.39, 0.29) is 11.9 Å². The van der Waals surface area contributed by atoms with E-state index in [4.69, 9.17) is 0 Å². The number of esters is 1. The fraction of sp³-hybridized carbons (Fsp3) is 0.444. The smallest absolute Gasteiger partial charge is 0.312 e. The summed E-state index contributed by atoms with van der Waals surface area (Å²) >= 11 is 1.65. The first-order valence-electron chi connectivity index (χ1n) is 3.78. The summed E-state index contributed by atoms with van der Waals surface area (Å²) in [4.78, 5) is 12.3. The topological polar surface area (TPSA) is 26.3 Å². The third kappa shape index (κ3) is 1.67. The molecule has 1 atom stereocenters. The van der Waals surface area contributed by atoms with Crippen LogP contribution in [0.5, 0.6) is 0 Å². The van der Waals surface area contributed by atoms with Gasteiger partial charge in [0.1, 0.15) is 0 Å². The fourth-order valence-corrected chi connectivity index (χ4v) is 1.95. The number of hydrogen-bond donors (Lipinski definition) is 0. The fourth-order valence-electron chi connectivity index (χ4n) is 1.15. The van der Waals surface area contributed by atoms with Crippen molar-refractivity contribution in [2.24, 2.45) is 0 Å². The first-order valence-corrected chi connectivity index (χ1v) is 4.66. The molecule has 0 aliphatic carbocycles. The monoisotopic (exact) mass is 184 g/mol. The summed E-state index contributed by atoms with van der Waals surface area (Å²) in [5.74, 6) is -0.308. The Labute approximate surface area is 76.2 Å². The standard InChI is InChI=1S/C9H12O2S/c1-6(9(10)11-3)8-4-5-12-7(8)2/h4-6H,1-3H3. The molecule has 1 aromatic heterocycles. The summed E-state index contributed by atoms with van der Waals surface area (Å²) in [5, 5.41) is 1.99. The highest BCUT2D eigenvalue weighted by Crippen LogP contribution is 2.24. The molecule has 12 heavy (non-hydrogen) atoms. The second-order valence-electron chi connectivity index (χ2n) is 2.68. The van der Waals surface area contributed by atoms with Crippen molar-refractivity contribution >= 4 is 17.3 Å². The largest absolute Gasteiger partial charge is 0.469 e. The third-order valence-electron chi connectivity index (χ3n) is 1.92. The van der Waals surface area contributed by atoms with Crippen molar-refractivity contribution in [1.82, 2.24) is 0 Å². The Kier molecular flexibility index (Phi) is 2.87. The van der Waals surface area contributed by atoms with E-state index in [0.29, 0.717) is 0 Å². The number of thiophene rings is 1. The lowest BCUT2D eigenvalue weighted by Crippen LogP contribution is -2.10. The average molecular weight is 184 g/mol. The highest BCUT2D eigenvalue weighted by atomic mass is 32.1. The summed E-state index contributed by atoms with van der Waals surface area (Å²) in [6, 6.07) is 1.97. The molecule has 1 aromatic rings. The summed E-state index contributed by atoms with van der Waals surface area (Å²) in [7, 11) is 1.42. The van der Waals surface area contributed by atoms with Gasteiger partial charge >= 0.3 is 5.97 Å². The average Bonchev–Trinajstić information content (AvgIpc) is 2.48. The second-order valence-corrected chi connectivity index (χ2v) is 3.80. The lowest BCUT2D eigenvalue weighted by molar-refractivity contribution is -0.141. The van der Waals surface area contributed by atoms with E-state index in [0.717, 1.165) is 5.56 Å². The van der Waals surface area contributed by atoms with E-state index in [2.05, 4.69) is 4.74 Å². The maximum Gasteiger partial charge on any atom is 0.312 e. The van der Waals surface area contributed by atoms with E-state index < -0.39 is 0 Å². The van der Waals surface area contributed by atoms with Gasteiger partial charge in [0.25, 0.3) is 0 Å². The molecule has 0 aromatic carbocycles. The van der Waals surface area contributed by atoms with E-state index in [1.807, 2.05) is 25.3 Å². The molecule has 0 spiro atoms. The van der Waals surface area contributed by atoms with Crippen molar-refractivity contribution in [2.75, 3.05) is 7.11 Å². The molecule has 1 unspecified atom stereocenters. The summed E-state index contributed by atoms with van der Waals surface area (Å²) < 4.78 is 4.66. The summed E-state index contributed by atoms with van der Waals surface area (Å²) in [5.41, 5.74) is 1.08. The molecule has 0 radical (unpaired) electrons. The van der Waals surface area contributed by atoms with Gasteiger partial charge in [-0.1, -0.05) is 0 Å². The van der Waals surface area contributed by atoms with Gasteiger partial charge in [-0.05, 0) is 30.9 Å². The predicted molar refractivity (Wildman–Crippen MR) is 49.5 cm³/mol. The minimum absolute atomic E-state index is 0.138. The molecular weight excluding hydrogens is 172 g/mol. The molecule has 0 amide bonds. The Morgan fingerprint density at radius 2 is 2.33 bits per heavy atom. The second kappa shape index (κ2) is 3.72. The predicted octanol–water partition coefficient (Wildman–Crippen LogP) is 2.33. The molecule has 1 rings (SSSR count). The molecule has 0 N–H and O–H groups in total. The lowest BCUT2D eigenvalue weighted by atomic mass is 10.0. The van der Waals surface area contributed by atoms with Crippen molar-refractivity contribution in [1.29, 1.82) is 0 Å². The van der Waals surface area contributed by atoms with Crippen molar-refractivity contribution in [3.63, 3.8) is 0 Å². The maximum absolute atomic E-state index is 11.1. The molecule has 0 aliphatic rings. The van der Waals surface area contributed by atoms with Gasteiger partial charge in [0.15, 0.2) is 0 Å². The highest BCUT2D eigenvalue weighted by molar-refractivity contribution is 7.10. The van der Waals surface area contributed by atoms with Gasteiger partial charge in [0.2, 0.25) is 0 Å².